The number of likely N-dealkylation sites (N-methyl/N-ethyl adjacent to an activating group) is 1. The van der Waals surface area contributed by atoms with Crippen LogP contribution in [-0.2, 0) is 0 Å². The Morgan fingerprint density at radius 3 is 2.43 bits per heavy atom. The Kier molecular flexibility index (Phi) is 5.60. The minimum Gasteiger partial charge on any atom is -0.368 e. The molecule has 0 radical (unpaired) electrons. The van der Waals surface area contributed by atoms with Crippen molar-refractivity contribution in [2.24, 2.45) is 0 Å². The Balaban J connectivity index is 2.08. The summed E-state index contributed by atoms with van der Waals surface area (Å²) in [4.78, 5) is 25.0. The van der Waals surface area contributed by atoms with E-state index in [1.54, 1.807) is 6.20 Å². The number of hydrogen-bond donors (Lipinski definition) is 0. The van der Waals surface area contributed by atoms with E-state index in [-0.39, 0.29) is 11.8 Å². The maximum absolute atomic E-state index is 13.8. The minimum atomic E-state index is 0.00684. The Hall–Kier alpha value is -2.74. The van der Waals surface area contributed by atoms with Gasteiger partial charge in [0.15, 0.2) is 5.65 Å². The van der Waals surface area contributed by atoms with Crippen molar-refractivity contribution in [2.45, 2.75) is 33.6 Å². The number of piperazine rings is 1. The number of rotatable bonds is 5. The summed E-state index contributed by atoms with van der Waals surface area (Å²) in [5.74, 6) is 0.996. The zero-order valence-electron chi connectivity index (χ0n) is 18.6. The van der Waals surface area contributed by atoms with Gasteiger partial charge in [-0.1, -0.05) is 13.8 Å². The van der Waals surface area contributed by atoms with Crippen LogP contribution in [0.3, 0.4) is 0 Å². The number of amides is 1. The molecule has 3 aromatic rings. The highest BCUT2D eigenvalue weighted by molar-refractivity contribution is 6.12. The molecule has 0 N–H and O–H groups in total. The lowest BCUT2D eigenvalue weighted by Gasteiger charge is -2.36. The second-order valence-corrected chi connectivity index (χ2v) is 8.24. The van der Waals surface area contributed by atoms with E-state index >= 15 is 0 Å². The lowest BCUT2D eigenvalue weighted by atomic mass is 10.1. The molecule has 8 nitrogen and oxygen atoms in total. The molecule has 4 rings (SSSR count). The van der Waals surface area contributed by atoms with Crippen LogP contribution < -0.4 is 4.90 Å². The van der Waals surface area contributed by atoms with E-state index in [0.29, 0.717) is 24.3 Å². The summed E-state index contributed by atoms with van der Waals surface area (Å²) in [6, 6.07) is 4.01. The van der Waals surface area contributed by atoms with Crippen molar-refractivity contribution < 1.29 is 4.79 Å². The van der Waals surface area contributed by atoms with Crippen LogP contribution in [0.25, 0.3) is 16.7 Å². The van der Waals surface area contributed by atoms with Crippen LogP contribution >= 0.6 is 0 Å². The number of anilines is 1. The fraction of sp³-hybridized carbons (Fsp3) is 0.545. The van der Waals surface area contributed by atoms with E-state index in [1.807, 2.05) is 29.2 Å². The average molecular weight is 410 g/mol. The summed E-state index contributed by atoms with van der Waals surface area (Å²) in [6.45, 7) is 13.1. The van der Waals surface area contributed by atoms with Crippen molar-refractivity contribution in [1.29, 1.82) is 0 Å². The molecule has 1 amide bonds. The molecule has 30 heavy (non-hydrogen) atoms. The van der Waals surface area contributed by atoms with Crippen molar-refractivity contribution in [3.8, 4) is 0 Å². The molecule has 8 heteroatoms. The second kappa shape index (κ2) is 8.18. The van der Waals surface area contributed by atoms with E-state index in [2.05, 4.69) is 47.0 Å². The van der Waals surface area contributed by atoms with Gasteiger partial charge in [0.25, 0.3) is 5.91 Å². The number of aromatic nitrogens is 4. The normalized spacial score (nSPS) is 15.5. The van der Waals surface area contributed by atoms with Gasteiger partial charge in [-0.05, 0) is 33.0 Å². The summed E-state index contributed by atoms with van der Waals surface area (Å²) in [7, 11) is 2.13. The van der Waals surface area contributed by atoms with Crippen LogP contribution in [-0.4, -0.2) is 81.6 Å². The van der Waals surface area contributed by atoms with Crippen molar-refractivity contribution in [2.75, 3.05) is 51.2 Å². The number of carbonyl (C=O) groups is 1. The van der Waals surface area contributed by atoms with E-state index in [4.69, 9.17) is 4.98 Å². The van der Waals surface area contributed by atoms with Crippen LogP contribution in [0.2, 0.25) is 0 Å². The Labute approximate surface area is 177 Å². The molecule has 1 fully saturated rings. The molecule has 3 aromatic heterocycles. The van der Waals surface area contributed by atoms with E-state index < -0.39 is 0 Å². The SMILES string of the molecule is CCN(CC)C(=O)c1c(N2CCN(C)CC2)c2cccnc2n2c(C(C)C)nnc12. The first-order chi connectivity index (χ1) is 14.5. The number of nitrogens with zero attached hydrogens (tertiary/aromatic N) is 7. The van der Waals surface area contributed by atoms with Gasteiger partial charge in [-0.15, -0.1) is 10.2 Å². The lowest BCUT2D eigenvalue weighted by molar-refractivity contribution is 0.0775. The van der Waals surface area contributed by atoms with Crippen LogP contribution in [0, 0.1) is 0 Å². The molecule has 1 aliphatic rings. The van der Waals surface area contributed by atoms with Crippen LogP contribution in [0.15, 0.2) is 18.3 Å². The third-order valence-corrected chi connectivity index (χ3v) is 6.00. The molecular weight excluding hydrogens is 378 g/mol. The molecule has 0 saturated carbocycles. The van der Waals surface area contributed by atoms with Gasteiger partial charge in [0.2, 0.25) is 0 Å². The molecule has 0 unspecified atom stereocenters. The molecule has 160 valence electrons. The van der Waals surface area contributed by atoms with Gasteiger partial charge in [0, 0.05) is 56.8 Å². The molecule has 4 heterocycles. The standard InChI is InChI=1S/C22H31N7O/c1-6-27(7-2)22(30)17-18(28-13-11-26(5)12-14-28)16-9-8-10-23-20(16)29-19(15(3)4)24-25-21(17)29/h8-10,15H,6-7,11-14H2,1-5H3. The molecule has 1 saturated heterocycles. The first-order valence-electron chi connectivity index (χ1n) is 10.9. The summed E-state index contributed by atoms with van der Waals surface area (Å²) >= 11 is 0. The fourth-order valence-electron chi connectivity index (χ4n) is 4.27. The van der Waals surface area contributed by atoms with Crippen molar-refractivity contribution in [3.63, 3.8) is 0 Å². The molecule has 0 aliphatic carbocycles. The Bertz CT molecular complexity index is 1060. The zero-order valence-corrected chi connectivity index (χ0v) is 18.6. The van der Waals surface area contributed by atoms with Gasteiger partial charge >= 0.3 is 0 Å². The van der Waals surface area contributed by atoms with Gasteiger partial charge < -0.3 is 14.7 Å². The van der Waals surface area contributed by atoms with Gasteiger partial charge in [-0.2, -0.15) is 0 Å². The highest BCUT2D eigenvalue weighted by Crippen LogP contribution is 2.35. The predicted molar refractivity (Wildman–Crippen MR) is 119 cm³/mol. The van der Waals surface area contributed by atoms with E-state index in [9.17, 15) is 4.79 Å². The molecule has 0 aromatic carbocycles. The molecule has 0 atom stereocenters. The average Bonchev–Trinajstić information content (AvgIpc) is 3.20. The Morgan fingerprint density at radius 1 is 1.10 bits per heavy atom. The van der Waals surface area contributed by atoms with E-state index in [0.717, 1.165) is 48.7 Å². The zero-order chi connectivity index (χ0) is 21.4. The van der Waals surface area contributed by atoms with Gasteiger partial charge in [-0.25, -0.2) is 4.98 Å². The maximum Gasteiger partial charge on any atom is 0.259 e. The first kappa shape index (κ1) is 20.5. The topological polar surface area (TPSA) is 69.9 Å². The fourth-order valence-corrected chi connectivity index (χ4v) is 4.27. The lowest BCUT2D eigenvalue weighted by Crippen LogP contribution is -2.45. The summed E-state index contributed by atoms with van der Waals surface area (Å²) < 4.78 is 1.98. The summed E-state index contributed by atoms with van der Waals surface area (Å²) in [6.07, 6.45) is 1.80. The largest absolute Gasteiger partial charge is 0.368 e. The van der Waals surface area contributed by atoms with Gasteiger partial charge in [0.1, 0.15) is 17.0 Å². The van der Waals surface area contributed by atoms with Crippen molar-refractivity contribution >= 4 is 28.3 Å². The monoisotopic (exact) mass is 409 g/mol. The summed E-state index contributed by atoms with van der Waals surface area (Å²) in [5.41, 5.74) is 3.00. The third-order valence-electron chi connectivity index (χ3n) is 6.00. The van der Waals surface area contributed by atoms with E-state index in [1.165, 1.54) is 0 Å². The quantitative estimate of drug-likeness (QED) is 0.645. The highest BCUT2D eigenvalue weighted by atomic mass is 16.2. The molecule has 0 spiro atoms. The van der Waals surface area contributed by atoms with Crippen LogP contribution in [0.5, 0.6) is 0 Å². The van der Waals surface area contributed by atoms with Gasteiger partial charge in [0.05, 0.1) is 5.69 Å². The minimum absolute atomic E-state index is 0.00684. The Morgan fingerprint density at radius 2 is 1.80 bits per heavy atom. The number of fused-ring (bicyclic) bond motifs is 3. The first-order valence-corrected chi connectivity index (χ1v) is 10.9. The van der Waals surface area contributed by atoms with Crippen molar-refractivity contribution in [1.82, 2.24) is 29.4 Å². The van der Waals surface area contributed by atoms with Crippen LogP contribution in [0.1, 0.15) is 49.8 Å². The number of hydrogen-bond acceptors (Lipinski definition) is 6. The maximum atomic E-state index is 13.8. The van der Waals surface area contributed by atoms with Gasteiger partial charge in [-0.3, -0.25) is 9.20 Å². The van der Waals surface area contributed by atoms with Crippen LogP contribution in [0.4, 0.5) is 5.69 Å². The number of carbonyl (C=O) groups excluding carboxylic acids is 1. The van der Waals surface area contributed by atoms with Crippen molar-refractivity contribution in [3.05, 3.63) is 29.7 Å². The molecule has 0 bridgehead atoms. The molecule has 1 aliphatic heterocycles. The molecular formula is C22H31N7O. The second-order valence-electron chi connectivity index (χ2n) is 8.24. The number of pyridine rings is 2. The third kappa shape index (κ3) is 3.29. The smallest absolute Gasteiger partial charge is 0.259 e. The predicted octanol–water partition coefficient (Wildman–Crippen LogP) is 2.63. The highest BCUT2D eigenvalue weighted by Gasteiger charge is 2.30. The summed E-state index contributed by atoms with van der Waals surface area (Å²) in [5, 5.41) is 9.97.